The molecule has 1 heterocycles. The average Bonchev–Trinajstić information content (AvgIpc) is 1.79. The van der Waals surface area contributed by atoms with Crippen LogP contribution in [0.4, 0.5) is 0 Å². The predicted octanol–water partition coefficient (Wildman–Crippen LogP) is 2.31. The van der Waals surface area contributed by atoms with E-state index in [0.29, 0.717) is 0 Å². The third-order valence-electron chi connectivity index (χ3n) is 1.24. The largest absolute Gasteiger partial charge is 0.262 e. The van der Waals surface area contributed by atoms with Gasteiger partial charge in [0, 0.05) is 11.9 Å². The molecule has 0 fully saturated rings. The molecule has 48 valence electrons. The van der Waals surface area contributed by atoms with Crippen molar-refractivity contribution in [3.63, 3.8) is 0 Å². The minimum absolute atomic E-state index is 1.09. The zero-order valence-electron chi connectivity index (χ0n) is 5.67. The van der Waals surface area contributed by atoms with Crippen LogP contribution < -0.4 is 0 Å². The summed E-state index contributed by atoms with van der Waals surface area (Å²) in [5.74, 6) is 0. The summed E-state index contributed by atoms with van der Waals surface area (Å²) in [5.41, 5.74) is 1.09. The molecular formula is C8H11N. The van der Waals surface area contributed by atoms with E-state index in [1.165, 1.54) is 0 Å². The molecule has 0 unspecified atom stereocenters. The number of rotatable bonds is 0. The zero-order chi connectivity index (χ0) is 6.53. The molecule has 1 rings (SSSR count). The maximum atomic E-state index is 4.13. The summed E-state index contributed by atoms with van der Waals surface area (Å²) in [4.78, 5) is 4.13. The Labute approximate surface area is 55.8 Å². The molecule has 0 aromatic heterocycles. The topological polar surface area (TPSA) is 12.4 Å². The highest BCUT2D eigenvalue weighted by molar-refractivity contribution is 5.93. The number of hydrogen-bond acceptors (Lipinski definition) is 1. The lowest BCUT2D eigenvalue weighted by atomic mass is 10.2. The zero-order valence-corrected chi connectivity index (χ0v) is 5.67. The van der Waals surface area contributed by atoms with Crippen molar-refractivity contribution in [3.8, 4) is 0 Å². The summed E-state index contributed by atoms with van der Waals surface area (Å²) in [6, 6.07) is 0. The smallest absolute Gasteiger partial charge is 0.0369 e. The van der Waals surface area contributed by atoms with Gasteiger partial charge in [-0.3, -0.25) is 4.99 Å². The van der Waals surface area contributed by atoms with E-state index in [1.807, 2.05) is 13.1 Å². The molecule has 0 aromatic carbocycles. The van der Waals surface area contributed by atoms with Crippen molar-refractivity contribution in [3.05, 3.63) is 24.4 Å². The molecule has 1 nitrogen and oxygen atoms in total. The summed E-state index contributed by atoms with van der Waals surface area (Å²) >= 11 is 0. The second-order valence-corrected chi connectivity index (χ2v) is 2.13. The molecule has 0 saturated heterocycles. The van der Waals surface area contributed by atoms with Gasteiger partial charge in [-0.05, 0) is 25.8 Å². The first-order valence-electron chi connectivity index (χ1n) is 3.25. The number of nitrogens with zero attached hydrogens (tertiary/aromatic N) is 1. The van der Waals surface area contributed by atoms with E-state index in [1.54, 1.807) is 0 Å². The molecule has 1 aliphatic heterocycles. The lowest BCUT2D eigenvalue weighted by molar-refractivity contribution is 1.04. The van der Waals surface area contributed by atoms with E-state index in [9.17, 15) is 0 Å². The third kappa shape index (κ3) is 2.27. The van der Waals surface area contributed by atoms with E-state index >= 15 is 0 Å². The number of hydrogen-bond donors (Lipinski definition) is 0. The predicted molar refractivity (Wildman–Crippen MR) is 40.6 cm³/mol. The molecule has 0 aliphatic carbocycles. The Morgan fingerprint density at radius 2 is 2.11 bits per heavy atom. The first kappa shape index (κ1) is 6.27. The molecule has 0 saturated carbocycles. The molecule has 0 aromatic rings. The SMILES string of the molecule is CC1=N/C=C\CC/C=C\1. The second kappa shape index (κ2) is 3.23. The van der Waals surface area contributed by atoms with Crippen molar-refractivity contribution in [2.75, 3.05) is 0 Å². The highest BCUT2D eigenvalue weighted by atomic mass is 14.7. The molecular weight excluding hydrogens is 110 g/mol. The van der Waals surface area contributed by atoms with Crippen LogP contribution in [-0.4, -0.2) is 5.71 Å². The molecule has 0 atom stereocenters. The fraction of sp³-hybridized carbons (Fsp3) is 0.375. The fourth-order valence-corrected chi connectivity index (χ4v) is 0.734. The Morgan fingerprint density at radius 1 is 1.33 bits per heavy atom. The van der Waals surface area contributed by atoms with Crippen molar-refractivity contribution < 1.29 is 0 Å². The summed E-state index contributed by atoms with van der Waals surface area (Å²) in [6.45, 7) is 2.01. The van der Waals surface area contributed by atoms with Crippen molar-refractivity contribution in [2.24, 2.45) is 4.99 Å². The summed E-state index contributed by atoms with van der Waals surface area (Å²) in [7, 11) is 0. The summed E-state index contributed by atoms with van der Waals surface area (Å²) < 4.78 is 0. The molecule has 0 N–H and O–H groups in total. The number of aliphatic imine (C=N–C) groups is 1. The van der Waals surface area contributed by atoms with Crippen LogP contribution >= 0.6 is 0 Å². The van der Waals surface area contributed by atoms with Crippen LogP contribution in [0.15, 0.2) is 29.4 Å². The molecule has 0 radical (unpaired) electrons. The van der Waals surface area contributed by atoms with Gasteiger partial charge in [0.05, 0.1) is 0 Å². The van der Waals surface area contributed by atoms with Gasteiger partial charge in [-0.2, -0.15) is 0 Å². The van der Waals surface area contributed by atoms with Gasteiger partial charge in [0.15, 0.2) is 0 Å². The Balaban J connectivity index is 2.66. The normalized spacial score (nSPS) is 31.4. The van der Waals surface area contributed by atoms with Gasteiger partial charge in [0.1, 0.15) is 0 Å². The minimum Gasteiger partial charge on any atom is -0.262 e. The monoisotopic (exact) mass is 121 g/mol. The first-order valence-corrected chi connectivity index (χ1v) is 3.25. The molecule has 1 heteroatoms. The van der Waals surface area contributed by atoms with Gasteiger partial charge in [-0.25, -0.2) is 0 Å². The Bertz CT molecular complexity index is 163. The van der Waals surface area contributed by atoms with Gasteiger partial charge in [0.25, 0.3) is 0 Å². The Morgan fingerprint density at radius 3 is 3.00 bits per heavy atom. The van der Waals surface area contributed by atoms with Gasteiger partial charge in [0.2, 0.25) is 0 Å². The Kier molecular flexibility index (Phi) is 2.25. The Hall–Kier alpha value is -0.850. The van der Waals surface area contributed by atoms with Crippen molar-refractivity contribution >= 4 is 5.71 Å². The molecule has 0 spiro atoms. The highest BCUT2D eigenvalue weighted by Crippen LogP contribution is 1.97. The van der Waals surface area contributed by atoms with Gasteiger partial charge < -0.3 is 0 Å². The maximum absolute atomic E-state index is 4.13. The van der Waals surface area contributed by atoms with Crippen LogP contribution in [0.5, 0.6) is 0 Å². The fourth-order valence-electron chi connectivity index (χ4n) is 0.734. The molecule has 0 amide bonds. The minimum atomic E-state index is 1.09. The van der Waals surface area contributed by atoms with Crippen molar-refractivity contribution in [1.82, 2.24) is 0 Å². The van der Waals surface area contributed by atoms with Crippen LogP contribution in [0, 0.1) is 0 Å². The lowest BCUT2D eigenvalue weighted by Crippen LogP contribution is -1.83. The van der Waals surface area contributed by atoms with Crippen LogP contribution in [0.3, 0.4) is 0 Å². The maximum Gasteiger partial charge on any atom is 0.0369 e. The van der Waals surface area contributed by atoms with E-state index in [4.69, 9.17) is 0 Å². The van der Waals surface area contributed by atoms with E-state index in [0.717, 1.165) is 18.6 Å². The van der Waals surface area contributed by atoms with E-state index in [-0.39, 0.29) is 0 Å². The molecule has 9 heavy (non-hydrogen) atoms. The second-order valence-electron chi connectivity index (χ2n) is 2.13. The van der Waals surface area contributed by atoms with Gasteiger partial charge in [-0.15, -0.1) is 0 Å². The van der Waals surface area contributed by atoms with Crippen LogP contribution in [0.2, 0.25) is 0 Å². The van der Waals surface area contributed by atoms with Gasteiger partial charge >= 0.3 is 0 Å². The third-order valence-corrected chi connectivity index (χ3v) is 1.24. The van der Waals surface area contributed by atoms with E-state index < -0.39 is 0 Å². The van der Waals surface area contributed by atoms with Crippen LogP contribution in [0.25, 0.3) is 0 Å². The van der Waals surface area contributed by atoms with Gasteiger partial charge in [-0.1, -0.05) is 12.2 Å². The van der Waals surface area contributed by atoms with E-state index in [2.05, 4.69) is 23.2 Å². The quantitative estimate of drug-likeness (QED) is 0.466. The van der Waals surface area contributed by atoms with Crippen LogP contribution in [-0.2, 0) is 0 Å². The number of allylic oxidation sites excluding steroid dienone is 3. The average molecular weight is 121 g/mol. The summed E-state index contributed by atoms with van der Waals surface area (Å²) in [6.07, 6.45) is 10.4. The van der Waals surface area contributed by atoms with Crippen molar-refractivity contribution in [1.29, 1.82) is 0 Å². The highest BCUT2D eigenvalue weighted by Gasteiger charge is 1.83. The summed E-state index contributed by atoms with van der Waals surface area (Å²) in [5, 5.41) is 0. The lowest BCUT2D eigenvalue weighted by Gasteiger charge is -1.92. The first-order chi connectivity index (χ1) is 4.39. The van der Waals surface area contributed by atoms with Crippen molar-refractivity contribution in [2.45, 2.75) is 19.8 Å². The van der Waals surface area contributed by atoms with Crippen LogP contribution in [0.1, 0.15) is 19.8 Å². The molecule has 0 bridgehead atoms. The standard InChI is InChI=1S/C8H11N/c1-8-6-4-2-3-5-7-9-8/h4-7H,2-3H2,1H3/b6-4-,7-5-,9-8-. The molecule has 1 aliphatic rings.